The predicted molar refractivity (Wildman–Crippen MR) is 51.6 cm³/mol. The van der Waals surface area contributed by atoms with Crippen LogP contribution in [0.1, 0.15) is 5.56 Å². The van der Waals surface area contributed by atoms with E-state index in [4.69, 9.17) is 9.99 Å². The third-order valence-electron chi connectivity index (χ3n) is 1.50. The van der Waals surface area contributed by atoms with Gasteiger partial charge in [0, 0.05) is 12.0 Å². The maximum Gasteiger partial charge on any atom is 0.107 e. The van der Waals surface area contributed by atoms with Gasteiger partial charge in [-0.05, 0) is 17.7 Å². The minimum absolute atomic E-state index is 0.231. The Labute approximate surface area is 81.6 Å². The fourth-order valence-electron chi connectivity index (χ4n) is 0.883. The van der Waals surface area contributed by atoms with Gasteiger partial charge in [0.15, 0.2) is 0 Å². The summed E-state index contributed by atoms with van der Waals surface area (Å²) in [6.07, 6.45) is 0. The van der Waals surface area contributed by atoms with Gasteiger partial charge >= 0.3 is 0 Å². The summed E-state index contributed by atoms with van der Waals surface area (Å²) in [4.78, 5) is 5.16. The molecule has 0 fully saturated rings. The predicted octanol–water partition coefficient (Wildman–Crippen LogP) is 2.37. The fourth-order valence-corrected chi connectivity index (χ4v) is 1.47. The van der Waals surface area contributed by atoms with Gasteiger partial charge in [-0.15, -0.1) is 0 Å². The molecular formula is C9H12O3S. The number of rotatable bonds is 5. The van der Waals surface area contributed by atoms with Gasteiger partial charge in [-0.2, -0.15) is 0 Å². The van der Waals surface area contributed by atoms with Crippen LogP contribution in [0, 0.1) is 0 Å². The van der Waals surface area contributed by atoms with E-state index in [0.717, 1.165) is 10.5 Å². The van der Waals surface area contributed by atoms with Gasteiger partial charge in [-0.1, -0.05) is 23.9 Å². The molecule has 1 N–H and O–H groups in total. The van der Waals surface area contributed by atoms with Crippen molar-refractivity contribution in [2.24, 2.45) is 0 Å². The Bertz CT molecular complexity index is 235. The van der Waals surface area contributed by atoms with Crippen LogP contribution in [-0.2, 0) is 16.2 Å². The summed E-state index contributed by atoms with van der Waals surface area (Å²) < 4.78 is 4.92. The molecule has 0 saturated heterocycles. The molecule has 0 atom stereocenters. The molecule has 1 rings (SSSR count). The molecule has 4 heteroatoms. The van der Waals surface area contributed by atoms with Gasteiger partial charge in [0.25, 0.3) is 0 Å². The quantitative estimate of drug-likeness (QED) is 0.343. The first-order chi connectivity index (χ1) is 6.36. The second-order valence-electron chi connectivity index (χ2n) is 2.47. The summed E-state index contributed by atoms with van der Waals surface area (Å²) in [5.74, 6) is 0.649. The zero-order valence-electron chi connectivity index (χ0n) is 7.40. The second-order valence-corrected chi connectivity index (χ2v) is 3.46. The van der Waals surface area contributed by atoms with Crippen molar-refractivity contribution in [3.05, 3.63) is 29.8 Å². The van der Waals surface area contributed by atoms with E-state index in [1.807, 2.05) is 24.3 Å². The van der Waals surface area contributed by atoms with Crippen LogP contribution < -0.4 is 0 Å². The van der Waals surface area contributed by atoms with Gasteiger partial charge in [-0.3, -0.25) is 5.26 Å². The third-order valence-corrected chi connectivity index (χ3v) is 2.46. The summed E-state index contributed by atoms with van der Waals surface area (Å²) >= 11 is 1.62. The van der Waals surface area contributed by atoms with E-state index in [-0.39, 0.29) is 6.61 Å². The number of benzene rings is 1. The van der Waals surface area contributed by atoms with E-state index in [1.54, 1.807) is 18.9 Å². The van der Waals surface area contributed by atoms with Crippen molar-refractivity contribution in [2.45, 2.75) is 11.5 Å². The summed E-state index contributed by atoms with van der Waals surface area (Å²) in [5.41, 5.74) is 0.948. The number of hydrogen-bond acceptors (Lipinski definition) is 4. The maximum absolute atomic E-state index is 8.21. The van der Waals surface area contributed by atoms with E-state index in [2.05, 4.69) is 4.89 Å². The summed E-state index contributed by atoms with van der Waals surface area (Å²) in [7, 11) is 1.67. The fraction of sp³-hybridized carbons (Fsp3) is 0.333. The zero-order chi connectivity index (χ0) is 9.52. The maximum atomic E-state index is 8.21. The molecule has 13 heavy (non-hydrogen) atoms. The van der Waals surface area contributed by atoms with Crippen LogP contribution in [0.5, 0.6) is 0 Å². The largest absolute Gasteiger partial charge is 0.374 e. The van der Waals surface area contributed by atoms with E-state index in [9.17, 15) is 0 Å². The van der Waals surface area contributed by atoms with Crippen molar-refractivity contribution in [1.29, 1.82) is 0 Å². The summed E-state index contributed by atoms with van der Waals surface area (Å²) in [5, 5.41) is 8.21. The first kappa shape index (κ1) is 10.5. The highest BCUT2D eigenvalue weighted by molar-refractivity contribution is 7.99. The number of ether oxygens (including phenoxy) is 1. The standard InChI is InChI=1S/C9H12O3S/c1-11-7-13-9-4-2-8(3-5-9)6-12-10/h2-5,10H,6-7H2,1H3. The van der Waals surface area contributed by atoms with E-state index >= 15 is 0 Å². The molecule has 3 nitrogen and oxygen atoms in total. The topological polar surface area (TPSA) is 38.7 Å². The molecule has 0 amide bonds. The van der Waals surface area contributed by atoms with Gasteiger partial charge < -0.3 is 4.74 Å². The molecule has 0 radical (unpaired) electrons. The van der Waals surface area contributed by atoms with Crippen molar-refractivity contribution in [1.82, 2.24) is 0 Å². The van der Waals surface area contributed by atoms with Crippen molar-refractivity contribution < 1.29 is 14.9 Å². The lowest BCUT2D eigenvalue weighted by Gasteiger charge is -2.01. The Kier molecular flexibility index (Phi) is 4.85. The normalized spacial score (nSPS) is 10.3. The van der Waals surface area contributed by atoms with Crippen LogP contribution in [0.25, 0.3) is 0 Å². The van der Waals surface area contributed by atoms with Crippen LogP contribution in [-0.4, -0.2) is 18.3 Å². The highest BCUT2D eigenvalue weighted by Gasteiger charge is 1.94. The van der Waals surface area contributed by atoms with E-state index < -0.39 is 0 Å². The average molecular weight is 200 g/mol. The summed E-state index contributed by atoms with van der Waals surface area (Å²) in [6.45, 7) is 0.231. The third kappa shape index (κ3) is 3.78. The molecule has 0 aliphatic rings. The molecule has 0 aliphatic carbocycles. The van der Waals surface area contributed by atoms with Gasteiger partial charge in [0.05, 0.1) is 5.94 Å². The molecular weight excluding hydrogens is 188 g/mol. The van der Waals surface area contributed by atoms with E-state index in [1.165, 1.54) is 0 Å². The van der Waals surface area contributed by atoms with Crippen molar-refractivity contribution in [2.75, 3.05) is 13.0 Å². The molecule has 0 saturated carbocycles. The van der Waals surface area contributed by atoms with Crippen LogP contribution in [0.15, 0.2) is 29.2 Å². The van der Waals surface area contributed by atoms with Gasteiger partial charge in [-0.25, -0.2) is 4.89 Å². The molecule has 0 aromatic heterocycles. The van der Waals surface area contributed by atoms with Crippen LogP contribution >= 0.6 is 11.8 Å². The molecule has 0 bridgehead atoms. The lowest BCUT2D eigenvalue weighted by Crippen LogP contribution is -1.87. The Morgan fingerprint density at radius 1 is 1.31 bits per heavy atom. The van der Waals surface area contributed by atoms with Crippen molar-refractivity contribution in [3.63, 3.8) is 0 Å². The first-order valence-electron chi connectivity index (χ1n) is 3.84. The SMILES string of the molecule is COCSc1ccc(COO)cc1. The second kappa shape index (κ2) is 5.99. The molecule has 1 aromatic rings. The lowest BCUT2D eigenvalue weighted by atomic mass is 10.2. The number of methoxy groups -OCH3 is 1. The number of thioether (sulfide) groups is 1. The Morgan fingerprint density at radius 3 is 2.54 bits per heavy atom. The Balaban J connectivity index is 2.48. The minimum Gasteiger partial charge on any atom is -0.374 e. The van der Waals surface area contributed by atoms with E-state index in [0.29, 0.717) is 5.94 Å². The van der Waals surface area contributed by atoms with Gasteiger partial charge in [0.1, 0.15) is 6.61 Å². The molecule has 72 valence electrons. The van der Waals surface area contributed by atoms with Crippen LogP contribution in [0.2, 0.25) is 0 Å². The molecule has 1 aromatic carbocycles. The monoisotopic (exact) mass is 200 g/mol. The molecule has 0 spiro atoms. The smallest absolute Gasteiger partial charge is 0.107 e. The Hall–Kier alpha value is -0.550. The lowest BCUT2D eigenvalue weighted by molar-refractivity contribution is -0.253. The summed E-state index contributed by atoms with van der Waals surface area (Å²) in [6, 6.07) is 7.76. The first-order valence-corrected chi connectivity index (χ1v) is 4.82. The highest BCUT2D eigenvalue weighted by atomic mass is 32.2. The van der Waals surface area contributed by atoms with Crippen LogP contribution in [0.3, 0.4) is 0 Å². The zero-order valence-corrected chi connectivity index (χ0v) is 8.21. The van der Waals surface area contributed by atoms with Crippen molar-refractivity contribution >= 4 is 11.8 Å². The van der Waals surface area contributed by atoms with Crippen molar-refractivity contribution in [3.8, 4) is 0 Å². The molecule has 0 unspecified atom stereocenters. The Morgan fingerprint density at radius 2 is 2.00 bits per heavy atom. The highest BCUT2D eigenvalue weighted by Crippen LogP contribution is 2.18. The average Bonchev–Trinajstić information content (AvgIpc) is 2.17. The molecule has 0 aliphatic heterocycles. The van der Waals surface area contributed by atoms with Gasteiger partial charge in [0.2, 0.25) is 0 Å². The minimum atomic E-state index is 0.231. The number of hydrogen-bond donors (Lipinski definition) is 1. The van der Waals surface area contributed by atoms with Crippen LogP contribution in [0.4, 0.5) is 0 Å². The molecule has 0 heterocycles.